The summed E-state index contributed by atoms with van der Waals surface area (Å²) in [4.78, 5) is 9.72. The molecule has 0 aromatic heterocycles. The minimum absolute atomic E-state index is 0. The van der Waals surface area contributed by atoms with Crippen LogP contribution in [0.1, 0.15) is 0 Å². The molecule has 1 amide bonds. The molecule has 0 radical (unpaired) electrons. The molecule has 7 heavy (non-hydrogen) atoms. The van der Waals surface area contributed by atoms with E-state index < -0.39 is 0 Å². The van der Waals surface area contributed by atoms with E-state index in [1.807, 2.05) is 0 Å². The molecule has 1 N–H and O–H groups in total. The van der Waals surface area contributed by atoms with Crippen LogP contribution in [0.4, 0.5) is 0 Å². The zero-order valence-corrected chi connectivity index (χ0v) is 6.66. The molecule has 0 fully saturated rings. The van der Waals surface area contributed by atoms with Crippen LogP contribution in [0.2, 0.25) is 0 Å². The molecular weight excluding hydrogens is 262 g/mol. The quantitative estimate of drug-likeness (QED) is 0.521. The molecule has 0 bridgehead atoms. The summed E-state index contributed by atoms with van der Waals surface area (Å²) >= 11 is 0. The topological polar surface area (TPSA) is 29.1 Å². The fraction of sp³-hybridized carbons (Fsp3) is 0. The summed E-state index contributed by atoms with van der Waals surface area (Å²) in [5.41, 5.74) is 0. The zero-order valence-electron chi connectivity index (χ0n) is 3.73. The molecule has 2 nitrogen and oxygen atoms in total. The molecule has 0 aliphatic heterocycles. The second-order valence-corrected chi connectivity index (χ2v) is 0.725. The Hall–Kier alpha value is -0.232. The third-order valence-corrected chi connectivity index (χ3v) is 0.228. The summed E-state index contributed by atoms with van der Waals surface area (Å²) in [6.45, 7) is 6.08. The maximum absolute atomic E-state index is 9.72. The van der Waals surface area contributed by atoms with Crippen molar-refractivity contribution in [2.45, 2.75) is 0 Å². The van der Waals surface area contributed by atoms with Gasteiger partial charge >= 0.3 is 21.1 Å². The number of hydrogen-bond donors (Lipinski definition) is 1. The molecule has 0 saturated heterocycles. The molecule has 0 saturated carbocycles. The van der Waals surface area contributed by atoms with E-state index in [-0.39, 0.29) is 27.0 Å². The van der Waals surface area contributed by atoms with Crippen molar-refractivity contribution in [3.05, 3.63) is 19.7 Å². The molecule has 38 valence electrons. The second-order valence-electron chi connectivity index (χ2n) is 0.725. The van der Waals surface area contributed by atoms with Gasteiger partial charge in [0, 0.05) is 0 Å². The van der Waals surface area contributed by atoms with Gasteiger partial charge in [0.05, 0.1) is 0 Å². The number of nitrogens with one attached hydrogen (secondary N) is 1. The van der Waals surface area contributed by atoms with Crippen molar-refractivity contribution >= 4 is 5.91 Å². The van der Waals surface area contributed by atoms with Crippen LogP contribution in [0.25, 0.3) is 0 Å². The summed E-state index contributed by atoms with van der Waals surface area (Å²) in [6.07, 6.45) is 2.16. The monoisotopic (exact) mass is 267 g/mol. The largest absolute Gasteiger partial charge is 2.00 e. The van der Waals surface area contributed by atoms with Gasteiger partial charge in [-0.15, -0.1) is 0 Å². The molecule has 0 unspecified atom stereocenters. The Kier molecular flexibility index (Phi) is 8.16. The summed E-state index contributed by atoms with van der Waals surface area (Å²) in [5, 5.41) is 2.10. The van der Waals surface area contributed by atoms with E-state index in [0.29, 0.717) is 0 Å². The fourth-order valence-electron chi connectivity index (χ4n) is 0.0986. The minimum Gasteiger partial charge on any atom is -0.521 e. The number of amides is 1. The predicted octanol–water partition coefficient (Wildman–Crippen LogP) is -0.119. The van der Waals surface area contributed by atoms with Gasteiger partial charge in [-0.3, -0.25) is 0 Å². The van der Waals surface area contributed by atoms with Crippen LogP contribution in [0.3, 0.4) is 0 Å². The molecule has 0 heterocycles. The molecular formula is C4H5NOW. The number of carbonyl (C=O) groups is 1. The van der Waals surface area contributed by atoms with Crippen molar-refractivity contribution in [2.24, 2.45) is 0 Å². The molecule has 3 heteroatoms. The molecule has 0 aromatic carbocycles. The Bertz CT molecular complexity index is 72.1. The second kappa shape index (κ2) is 5.77. The molecule has 0 aliphatic rings. The molecule has 0 aromatic rings. The van der Waals surface area contributed by atoms with Crippen LogP contribution in [-0.4, -0.2) is 5.91 Å². The van der Waals surface area contributed by atoms with Crippen LogP contribution >= 0.6 is 0 Å². The van der Waals surface area contributed by atoms with E-state index in [1.165, 1.54) is 0 Å². The van der Waals surface area contributed by atoms with Gasteiger partial charge in [0.2, 0.25) is 0 Å². The Morgan fingerprint density at radius 1 is 1.86 bits per heavy atom. The van der Waals surface area contributed by atoms with Crippen molar-refractivity contribution in [1.82, 2.24) is 5.32 Å². The van der Waals surface area contributed by atoms with Crippen molar-refractivity contribution < 1.29 is 25.9 Å². The van der Waals surface area contributed by atoms with E-state index >= 15 is 0 Å². The maximum Gasteiger partial charge on any atom is 2.00 e. The maximum atomic E-state index is 9.72. The summed E-state index contributed by atoms with van der Waals surface area (Å²) in [7, 11) is 0. The predicted molar refractivity (Wildman–Crippen MR) is 22.4 cm³/mol. The normalized spacial score (nSPS) is 5.71. The average molecular weight is 267 g/mol. The van der Waals surface area contributed by atoms with Gasteiger partial charge in [-0.25, -0.2) is 0 Å². The van der Waals surface area contributed by atoms with Gasteiger partial charge in [-0.2, -0.15) is 12.8 Å². The van der Waals surface area contributed by atoms with Gasteiger partial charge < -0.3 is 17.0 Å². The third-order valence-electron chi connectivity index (χ3n) is 0.228. The van der Waals surface area contributed by atoms with E-state index in [2.05, 4.69) is 25.0 Å². The van der Waals surface area contributed by atoms with Gasteiger partial charge in [0.25, 0.3) is 0 Å². The number of hydrogen-bond acceptors (Lipinski definition) is 1. The molecule has 0 atom stereocenters. The Morgan fingerprint density at radius 3 is 2.29 bits per heavy atom. The van der Waals surface area contributed by atoms with Crippen LogP contribution < -0.4 is 5.32 Å². The van der Waals surface area contributed by atoms with Gasteiger partial charge in [-0.1, -0.05) is 5.91 Å². The van der Waals surface area contributed by atoms with E-state index in [1.54, 1.807) is 0 Å². The van der Waals surface area contributed by atoms with E-state index in [9.17, 15) is 4.79 Å². The van der Waals surface area contributed by atoms with Crippen LogP contribution in [0.15, 0.2) is 6.58 Å². The Labute approximate surface area is 57.2 Å². The summed E-state index contributed by atoms with van der Waals surface area (Å²) in [6, 6.07) is 0. The van der Waals surface area contributed by atoms with Gasteiger partial charge in [0.1, 0.15) is 0 Å². The molecule has 0 rings (SSSR count). The smallest absolute Gasteiger partial charge is 0.521 e. The zero-order chi connectivity index (χ0) is 4.99. The van der Waals surface area contributed by atoms with Gasteiger partial charge in [0.15, 0.2) is 0 Å². The Morgan fingerprint density at radius 2 is 2.29 bits per heavy atom. The van der Waals surface area contributed by atoms with E-state index in [0.717, 1.165) is 0 Å². The first kappa shape index (κ1) is 9.90. The standard InChI is InChI=1S/C4H5NO.W/c1-3-5-4(2)6;/h1-2H2,(H,5,6);/q-2;+2. The van der Waals surface area contributed by atoms with Crippen LogP contribution in [0.5, 0.6) is 0 Å². The van der Waals surface area contributed by atoms with Crippen molar-refractivity contribution in [1.29, 1.82) is 0 Å². The fourth-order valence-corrected chi connectivity index (χ4v) is 0.0986. The summed E-state index contributed by atoms with van der Waals surface area (Å²) in [5.74, 6) is -0.384. The van der Waals surface area contributed by atoms with E-state index in [4.69, 9.17) is 0 Å². The van der Waals surface area contributed by atoms with Crippen molar-refractivity contribution in [2.75, 3.05) is 0 Å². The summed E-state index contributed by atoms with van der Waals surface area (Å²) < 4.78 is 0. The first-order chi connectivity index (χ1) is 2.77. The number of rotatable bonds is 1. The molecule has 0 aliphatic carbocycles. The van der Waals surface area contributed by atoms with Gasteiger partial charge in [-0.05, 0) is 0 Å². The first-order valence-corrected chi connectivity index (χ1v) is 1.41. The van der Waals surface area contributed by atoms with Crippen molar-refractivity contribution in [3.63, 3.8) is 0 Å². The third kappa shape index (κ3) is 10.7. The first-order valence-electron chi connectivity index (χ1n) is 1.41. The molecule has 0 spiro atoms. The number of carbonyl (C=O) groups excluding carboxylic acids is 1. The Balaban J connectivity index is 0. The SMILES string of the molecule is C=[C-]NC([CH2-])=O.[W+2]. The van der Waals surface area contributed by atoms with Crippen molar-refractivity contribution in [3.8, 4) is 0 Å². The minimum atomic E-state index is -0.384. The average Bonchev–Trinajstić information content (AvgIpc) is 1.35. The van der Waals surface area contributed by atoms with Crippen LogP contribution in [0, 0.1) is 13.1 Å². The van der Waals surface area contributed by atoms with Crippen LogP contribution in [-0.2, 0) is 25.9 Å².